The normalized spacial score (nSPS) is 33.8. The summed E-state index contributed by atoms with van der Waals surface area (Å²) in [6.07, 6.45) is 9.87. The summed E-state index contributed by atoms with van der Waals surface area (Å²) in [7, 11) is 1.81. The van der Waals surface area contributed by atoms with Gasteiger partial charge in [-0.2, -0.15) is 10.2 Å². The lowest BCUT2D eigenvalue weighted by Gasteiger charge is -2.60. The van der Waals surface area contributed by atoms with E-state index in [0.29, 0.717) is 71.2 Å². The Balaban J connectivity index is 0.926. The number of aromatic nitrogens is 5. The quantitative estimate of drug-likeness (QED) is 0.187. The van der Waals surface area contributed by atoms with Crippen molar-refractivity contribution in [2.24, 2.45) is 41.5 Å². The van der Waals surface area contributed by atoms with Crippen molar-refractivity contribution in [2.45, 2.75) is 95.6 Å². The Morgan fingerprint density at radius 3 is 2.65 bits per heavy atom. The highest BCUT2D eigenvalue weighted by Crippen LogP contribution is 2.68. The summed E-state index contributed by atoms with van der Waals surface area (Å²) in [4.78, 5) is 42.6. The van der Waals surface area contributed by atoms with Crippen LogP contribution in [0.3, 0.4) is 0 Å². The number of ketones is 1. The minimum Gasteiger partial charge on any atom is -0.377 e. The first-order valence-corrected chi connectivity index (χ1v) is 19.4. The number of anilines is 2. The third-order valence-corrected chi connectivity index (χ3v) is 14.7. The molecule has 2 aromatic heterocycles. The molecule has 9 rings (SSSR count). The van der Waals surface area contributed by atoms with Crippen molar-refractivity contribution in [3.05, 3.63) is 76.0 Å². The van der Waals surface area contributed by atoms with Crippen LogP contribution in [0.4, 0.5) is 15.8 Å². The lowest BCUT2D eigenvalue weighted by Crippen LogP contribution is -2.56. The molecule has 1 unspecified atom stereocenters. The predicted molar refractivity (Wildman–Crippen MR) is 201 cm³/mol. The Hall–Kier alpha value is -4.89. The summed E-state index contributed by atoms with van der Waals surface area (Å²) >= 11 is 0. The van der Waals surface area contributed by atoms with E-state index >= 15 is 0 Å². The molecule has 4 N–H and O–H groups in total. The number of aryl methyl sites for hydroxylation is 1. The van der Waals surface area contributed by atoms with E-state index in [1.165, 1.54) is 18.5 Å². The summed E-state index contributed by atoms with van der Waals surface area (Å²) < 4.78 is 16.4. The van der Waals surface area contributed by atoms with Gasteiger partial charge in [0, 0.05) is 54.4 Å². The van der Waals surface area contributed by atoms with Crippen molar-refractivity contribution in [1.82, 2.24) is 25.0 Å². The number of Topliss-reactive ketones (excluding diaryl/α,β-unsaturated/α-hetero) is 1. The molecule has 4 fully saturated rings. The Labute approximate surface area is 312 Å². The van der Waals surface area contributed by atoms with Crippen molar-refractivity contribution in [2.75, 3.05) is 10.6 Å². The number of halogens is 1. The van der Waals surface area contributed by atoms with Gasteiger partial charge in [0.25, 0.3) is 11.5 Å². The van der Waals surface area contributed by atoms with Gasteiger partial charge >= 0.3 is 0 Å². The van der Waals surface area contributed by atoms with E-state index in [9.17, 15) is 23.9 Å². The molecule has 0 radical (unpaired) electrons. The molecule has 0 spiro atoms. The maximum absolute atomic E-state index is 14.7. The summed E-state index contributed by atoms with van der Waals surface area (Å²) in [6.45, 7) is 4.61. The first-order chi connectivity index (χ1) is 25.9. The number of nitrogens with zero attached hydrogens (tertiary/aromatic N) is 4. The monoisotopic (exact) mass is 731 g/mol. The van der Waals surface area contributed by atoms with Crippen molar-refractivity contribution in [3.63, 3.8) is 0 Å². The highest BCUT2D eigenvalue weighted by atomic mass is 19.1. The first-order valence-electron chi connectivity index (χ1n) is 19.4. The maximum Gasteiger partial charge on any atom is 0.300 e. The molecule has 12 heteroatoms. The van der Waals surface area contributed by atoms with Gasteiger partial charge in [0.1, 0.15) is 29.4 Å². The molecule has 54 heavy (non-hydrogen) atoms. The van der Waals surface area contributed by atoms with Crippen LogP contribution < -0.4 is 16.2 Å². The van der Waals surface area contributed by atoms with Gasteiger partial charge in [0.2, 0.25) is 0 Å². The molecule has 0 saturated heterocycles. The molecule has 280 valence electrons. The van der Waals surface area contributed by atoms with Gasteiger partial charge in [-0.1, -0.05) is 31.9 Å². The van der Waals surface area contributed by atoms with Crippen LogP contribution in [-0.4, -0.2) is 47.4 Å². The van der Waals surface area contributed by atoms with Crippen LogP contribution in [-0.2, 0) is 23.1 Å². The minimum atomic E-state index is -1.24. The van der Waals surface area contributed by atoms with Gasteiger partial charge in [-0.15, -0.1) is 0 Å². The summed E-state index contributed by atoms with van der Waals surface area (Å²) in [5.41, 5.74) is 0.608. The largest absolute Gasteiger partial charge is 0.377 e. The van der Waals surface area contributed by atoms with Crippen LogP contribution in [0.5, 0.6) is 0 Å². The number of carbonyl (C=O) groups excluding carboxylic acids is 2. The molecule has 4 aliphatic carbocycles. The van der Waals surface area contributed by atoms with E-state index in [-0.39, 0.29) is 28.2 Å². The number of hydrogen-bond donors (Lipinski definition) is 4. The molecule has 3 heterocycles. The second-order valence-electron chi connectivity index (χ2n) is 17.1. The van der Waals surface area contributed by atoms with Crippen LogP contribution in [0.1, 0.15) is 101 Å². The molecule has 1 amide bonds. The zero-order valence-electron chi connectivity index (χ0n) is 30.9. The first kappa shape index (κ1) is 34.9. The molecule has 11 nitrogen and oxygen atoms in total. The minimum absolute atomic E-state index is 0.192. The Morgan fingerprint density at radius 2 is 1.87 bits per heavy atom. The van der Waals surface area contributed by atoms with E-state index in [4.69, 9.17) is 0 Å². The van der Waals surface area contributed by atoms with E-state index in [0.717, 1.165) is 56.3 Å². The predicted octanol–water partition coefficient (Wildman–Crippen LogP) is 5.97. The number of carbonyl (C=O) groups is 2. The molecule has 2 aromatic carbocycles. The molecule has 0 bridgehead atoms. The second-order valence-corrected chi connectivity index (χ2v) is 17.1. The van der Waals surface area contributed by atoms with Gasteiger partial charge < -0.3 is 15.7 Å². The molecule has 9 atom stereocenters. The fourth-order valence-electron chi connectivity index (χ4n) is 11.7. The average Bonchev–Trinajstić information content (AvgIpc) is 3.68. The smallest absolute Gasteiger partial charge is 0.300 e. The number of rotatable bonds is 4. The van der Waals surface area contributed by atoms with E-state index < -0.39 is 22.9 Å². The molecular weight excluding hydrogens is 686 g/mol. The van der Waals surface area contributed by atoms with E-state index in [1.807, 2.05) is 19.2 Å². The Kier molecular flexibility index (Phi) is 8.12. The lowest BCUT2D eigenvalue weighted by molar-refractivity contribution is -0.147. The highest BCUT2D eigenvalue weighted by Gasteiger charge is 2.64. The van der Waals surface area contributed by atoms with Gasteiger partial charge in [-0.25, -0.2) is 14.5 Å². The number of nitrogens with one attached hydrogen (secondary N) is 3. The third kappa shape index (κ3) is 5.41. The third-order valence-electron chi connectivity index (χ3n) is 14.7. The average molecular weight is 732 g/mol. The van der Waals surface area contributed by atoms with Gasteiger partial charge in [0.15, 0.2) is 0 Å². The fourth-order valence-corrected chi connectivity index (χ4v) is 11.7. The number of hydrogen-bond acceptors (Lipinski definition) is 8. The summed E-state index contributed by atoms with van der Waals surface area (Å²) in [5, 5.41) is 30.5. The van der Waals surface area contributed by atoms with Crippen LogP contribution >= 0.6 is 0 Å². The van der Waals surface area contributed by atoms with Crippen LogP contribution in [0.2, 0.25) is 0 Å². The highest BCUT2D eigenvalue weighted by molar-refractivity contribution is 6.04. The molecule has 1 aliphatic heterocycles. The molecule has 4 saturated carbocycles. The zero-order chi connectivity index (χ0) is 37.6. The van der Waals surface area contributed by atoms with E-state index in [2.05, 4.69) is 56.6 Å². The SMILES string of the molecule is Cn1ncnc1C[C@H]1c2n[nH]c(=O)c3cc(F)cc(c23)N[C@@H]1c1ccc(NC(=O)C#C[C@]2(O)CC[C@H]3[C@@H]4CC[C@H]5CC(=O)CC[C@]5(C)C4CC[C@@]32C)cc1. The van der Waals surface area contributed by atoms with Crippen molar-refractivity contribution in [3.8, 4) is 11.8 Å². The number of fused-ring (bicyclic) bond motifs is 5. The van der Waals surface area contributed by atoms with Gasteiger partial charge in [0.05, 0.1) is 17.1 Å². The summed E-state index contributed by atoms with van der Waals surface area (Å²) in [6, 6.07) is 9.61. The van der Waals surface area contributed by atoms with E-state index in [1.54, 1.807) is 16.8 Å². The molecular formula is C42H46FN7O4. The lowest BCUT2D eigenvalue weighted by atomic mass is 9.44. The standard InChI is InChI=1S/C42H46FN7O4/c1-40-14-10-27(51)18-24(40)6-9-28-31(40)11-15-41(2)32(28)12-16-42(41,54)17-13-35(52)46-26-7-4-23(5-8-26)37-30(21-34-44-22-45-50(34)3)38-36-29(39(53)49-48-38)19-25(43)20-33(36)47-37/h4-5,7-8,19-20,22,24,28,30-32,37,47,54H,6,9-12,14-16,18,21H2,1-3H3,(H,46,52)(H,49,53)/t24-,28+,30+,31?,32-,37+,40-,41-,42+/m0/s1. The number of aliphatic hydroxyl groups is 1. The molecule has 5 aliphatic rings. The van der Waals surface area contributed by atoms with Crippen molar-refractivity contribution >= 4 is 33.8 Å². The second kappa shape index (κ2) is 12.6. The van der Waals surface area contributed by atoms with Crippen LogP contribution in [0.25, 0.3) is 10.8 Å². The maximum atomic E-state index is 14.7. The number of amides is 1. The van der Waals surface area contributed by atoms with Gasteiger partial charge in [-0.05, 0) is 110 Å². The van der Waals surface area contributed by atoms with Gasteiger partial charge in [-0.3, -0.25) is 19.1 Å². The topological polar surface area (TPSA) is 155 Å². The molecule has 4 aromatic rings. The zero-order valence-corrected chi connectivity index (χ0v) is 30.9. The Morgan fingerprint density at radius 1 is 1.07 bits per heavy atom. The number of aromatic amines is 1. The number of H-pyrrole nitrogens is 1. The Bertz CT molecular complexity index is 2310. The van der Waals surface area contributed by atoms with Crippen LogP contribution in [0, 0.1) is 52.2 Å². The summed E-state index contributed by atoms with van der Waals surface area (Å²) in [5.74, 6) is 7.56. The number of benzene rings is 2. The van der Waals surface area contributed by atoms with Crippen LogP contribution in [0.15, 0.2) is 47.5 Å². The van der Waals surface area contributed by atoms with Crippen molar-refractivity contribution in [1.29, 1.82) is 0 Å². The van der Waals surface area contributed by atoms with Crippen molar-refractivity contribution < 1.29 is 19.1 Å². The fraction of sp³-hybridized carbons (Fsp3) is 0.524.